The summed E-state index contributed by atoms with van der Waals surface area (Å²) in [4.78, 5) is 0. The van der Waals surface area contributed by atoms with E-state index in [2.05, 4.69) is 11.7 Å². The summed E-state index contributed by atoms with van der Waals surface area (Å²) < 4.78 is 10.4. The van der Waals surface area contributed by atoms with Crippen LogP contribution in [0.15, 0.2) is 0 Å². The molecule has 0 aromatic rings. The molecule has 5 heteroatoms. The molecule has 0 spiro atoms. The van der Waals surface area contributed by atoms with E-state index in [1.807, 2.05) is 20.4 Å². The highest BCUT2D eigenvalue weighted by Crippen LogP contribution is 1.85. The van der Waals surface area contributed by atoms with E-state index < -0.39 is 9.28 Å². The zero-order valence-corrected chi connectivity index (χ0v) is 8.12. The monoisotopic (exact) mass is 166 g/mol. The average molecular weight is 166 g/mol. The fourth-order valence-corrected chi connectivity index (χ4v) is 1.55. The van der Waals surface area contributed by atoms with E-state index in [0.717, 1.165) is 13.2 Å². The average Bonchev–Trinajstić information content (AvgIpc) is 1.93. The lowest BCUT2D eigenvalue weighted by atomic mass is 10.9. The van der Waals surface area contributed by atoms with Gasteiger partial charge in [-0.3, -0.25) is 11.7 Å². The number of hydrogen-bond acceptors (Lipinski definition) is 4. The summed E-state index contributed by atoms with van der Waals surface area (Å²) >= 11 is 0. The van der Waals surface area contributed by atoms with Crippen molar-refractivity contribution in [3.05, 3.63) is 0 Å². The van der Waals surface area contributed by atoms with E-state index in [1.54, 1.807) is 0 Å². The Kier molecular flexibility index (Phi) is 15.0. The molecule has 0 atom stereocenters. The first-order valence-electron chi connectivity index (χ1n) is 3.37. The Balaban J connectivity index is 0. The Morgan fingerprint density at radius 3 is 1.60 bits per heavy atom. The third-order valence-corrected chi connectivity index (χ3v) is 2.41. The number of rotatable bonds is 4. The smallest absolute Gasteiger partial charge is 0.318 e. The highest BCUT2D eigenvalue weighted by atomic mass is 28.3. The zero-order valence-electron chi connectivity index (χ0n) is 6.96. The molecule has 0 aromatic heterocycles. The molecule has 0 amide bonds. The van der Waals surface area contributed by atoms with E-state index in [0.29, 0.717) is 0 Å². The molecule has 0 bridgehead atoms. The van der Waals surface area contributed by atoms with E-state index in [9.17, 15) is 0 Å². The zero-order chi connectivity index (χ0) is 8.41. The molecular weight excluding hydrogens is 148 g/mol. The summed E-state index contributed by atoms with van der Waals surface area (Å²) in [5, 5.41) is 0. The molecule has 0 saturated carbocycles. The Bertz CT molecular complexity index is 50.9. The largest absolute Gasteiger partial charge is 0.397 e. The van der Waals surface area contributed by atoms with Crippen LogP contribution < -0.4 is 11.7 Å². The number of hydrogen-bond donors (Lipinski definition) is 2. The molecule has 0 unspecified atom stereocenters. The van der Waals surface area contributed by atoms with Crippen LogP contribution in [0.25, 0.3) is 0 Å². The Labute approximate surface area is 64.3 Å². The van der Waals surface area contributed by atoms with Gasteiger partial charge in [-0.1, -0.05) is 0 Å². The third-order valence-electron chi connectivity index (χ3n) is 0.803. The summed E-state index contributed by atoms with van der Waals surface area (Å²) in [6.07, 6.45) is 0. The molecule has 4 nitrogen and oxygen atoms in total. The molecule has 0 aliphatic heterocycles. The number of hydrazine groups is 1. The summed E-state index contributed by atoms with van der Waals surface area (Å²) in [5.74, 6) is 8.00. The fraction of sp³-hybridized carbons (Fsp3) is 1.00. The fourth-order valence-electron chi connectivity index (χ4n) is 0.518. The van der Waals surface area contributed by atoms with Crippen molar-refractivity contribution in [2.45, 2.75) is 20.4 Å². The molecule has 64 valence electrons. The van der Waals surface area contributed by atoms with Crippen LogP contribution in [0.4, 0.5) is 0 Å². The van der Waals surface area contributed by atoms with E-state index in [-0.39, 0.29) is 0 Å². The highest BCUT2D eigenvalue weighted by molar-refractivity contribution is 6.42. The maximum atomic E-state index is 5.20. The van der Waals surface area contributed by atoms with Crippen LogP contribution in [-0.2, 0) is 8.85 Å². The van der Waals surface area contributed by atoms with Gasteiger partial charge in [0.05, 0.1) is 0 Å². The van der Waals surface area contributed by atoms with Gasteiger partial charge in [-0.15, -0.1) is 0 Å². The van der Waals surface area contributed by atoms with E-state index in [1.165, 1.54) is 0 Å². The second-order valence-corrected chi connectivity index (χ2v) is 3.28. The van der Waals surface area contributed by atoms with Gasteiger partial charge in [-0.25, -0.2) is 0 Å². The van der Waals surface area contributed by atoms with Gasteiger partial charge in [0.15, 0.2) is 0 Å². The molecule has 0 rings (SSSR count). The second-order valence-electron chi connectivity index (χ2n) is 1.48. The lowest BCUT2D eigenvalue weighted by Gasteiger charge is -2.07. The van der Waals surface area contributed by atoms with Crippen molar-refractivity contribution in [1.82, 2.24) is 0 Å². The molecule has 0 radical (unpaired) electrons. The molecule has 0 fully saturated rings. The Morgan fingerprint density at radius 1 is 1.10 bits per heavy atom. The van der Waals surface area contributed by atoms with Crippen molar-refractivity contribution in [2.24, 2.45) is 11.7 Å². The van der Waals surface area contributed by atoms with Crippen LogP contribution >= 0.6 is 0 Å². The summed E-state index contributed by atoms with van der Waals surface area (Å²) in [6.45, 7) is 7.58. The van der Waals surface area contributed by atoms with Gasteiger partial charge in [0.1, 0.15) is 0 Å². The highest BCUT2D eigenvalue weighted by Gasteiger charge is 1.99. The minimum Gasteiger partial charge on any atom is -0.397 e. The van der Waals surface area contributed by atoms with Crippen LogP contribution in [0.5, 0.6) is 0 Å². The van der Waals surface area contributed by atoms with Gasteiger partial charge >= 0.3 is 9.28 Å². The van der Waals surface area contributed by atoms with E-state index in [4.69, 9.17) is 8.85 Å². The van der Waals surface area contributed by atoms with Crippen LogP contribution in [0, 0.1) is 0 Å². The van der Waals surface area contributed by atoms with Gasteiger partial charge in [-0.2, -0.15) is 0 Å². The standard InChI is InChI=1S/C5H14O2Si.H4N2/c1-4-6-8(3)7-5-2;1-2/h8H,4-5H2,1-3H3;1-2H2. The van der Waals surface area contributed by atoms with Gasteiger partial charge in [0.2, 0.25) is 0 Å². The predicted molar refractivity (Wildman–Crippen MR) is 44.6 cm³/mol. The summed E-state index contributed by atoms with van der Waals surface area (Å²) in [7, 11) is -1.20. The topological polar surface area (TPSA) is 70.5 Å². The normalized spacial score (nSPS) is 9.00. The third kappa shape index (κ3) is 10.9. The van der Waals surface area contributed by atoms with Gasteiger partial charge in [-0.05, 0) is 20.4 Å². The molecule has 0 aromatic carbocycles. The lowest BCUT2D eigenvalue weighted by molar-refractivity contribution is 0.219. The lowest BCUT2D eigenvalue weighted by Crippen LogP contribution is -2.17. The maximum absolute atomic E-state index is 5.20. The van der Waals surface area contributed by atoms with Gasteiger partial charge in [0.25, 0.3) is 0 Å². The first kappa shape index (κ1) is 12.7. The van der Waals surface area contributed by atoms with Gasteiger partial charge < -0.3 is 8.85 Å². The van der Waals surface area contributed by atoms with E-state index >= 15 is 0 Å². The second kappa shape index (κ2) is 11.8. The summed E-state index contributed by atoms with van der Waals surface area (Å²) in [6, 6.07) is 0. The van der Waals surface area contributed by atoms with Crippen LogP contribution in [0.3, 0.4) is 0 Å². The SMILES string of the molecule is CCO[SiH](C)OCC.NN. The van der Waals surface area contributed by atoms with Crippen molar-refractivity contribution in [3.8, 4) is 0 Å². The molecule has 10 heavy (non-hydrogen) atoms. The van der Waals surface area contributed by atoms with Crippen LogP contribution in [0.1, 0.15) is 13.8 Å². The predicted octanol–water partition coefficient (Wildman–Crippen LogP) is -0.271. The molecular formula is C5H18N2O2Si. The molecule has 0 aliphatic rings. The molecule has 0 heterocycles. The Morgan fingerprint density at radius 2 is 1.40 bits per heavy atom. The van der Waals surface area contributed by atoms with Gasteiger partial charge in [0, 0.05) is 13.2 Å². The molecule has 4 N–H and O–H groups in total. The molecule has 0 saturated heterocycles. The van der Waals surface area contributed by atoms with Crippen LogP contribution in [0.2, 0.25) is 6.55 Å². The maximum Gasteiger partial charge on any atom is 0.318 e. The molecule has 0 aliphatic carbocycles. The summed E-state index contributed by atoms with van der Waals surface area (Å²) in [5.41, 5.74) is 0. The Hall–Kier alpha value is 0.0569. The van der Waals surface area contributed by atoms with Crippen molar-refractivity contribution in [2.75, 3.05) is 13.2 Å². The quantitative estimate of drug-likeness (QED) is 0.342. The van der Waals surface area contributed by atoms with Crippen molar-refractivity contribution < 1.29 is 8.85 Å². The van der Waals surface area contributed by atoms with Crippen LogP contribution in [-0.4, -0.2) is 22.5 Å². The minimum absolute atomic E-state index is 0.785. The number of nitrogens with two attached hydrogens (primary N) is 2. The van der Waals surface area contributed by atoms with Crippen molar-refractivity contribution in [3.63, 3.8) is 0 Å². The van der Waals surface area contributed by atoms with Crippen molar-refractivity contribution >= 4 is 9.28 Å². The van der Waals surface area contributed by atoms with Crippen molar-refractivity contribution in [1.29, 1.82) is 0 Å². The minimum atomic E-state index is -1.20. The first-order valence-corrected chi connectivity index (χ1v) is 5.47. The first-order chi connectivity index (χ1) is 4.81.